The van der Waals surface area contributed by atoms with Gasteiger partial charge in [-0.15, -0.1) is 0 Å². The predicted molar refractivity (Wildman–Crippen MR) is 265 cm³/mol. The number of methoxy groups -OCH3 is 1. The van der Waals surface area contributed by atoms with E-state index in [1.807, 2.05) is 6.26 Å². The number of hydrogen-bond acceptors (Lipinski definition) is 18. The van der Waals surface area contributed by atoms with Gasteiger partial charge in [0.25, 0.3) is 0 Å². The van der Waals surface area contributed by atoms with Crippen LogP contribution in [-0.2, 0) is 71.3 Å². The first-order valence-corrected chi connectivity index (χ1v) is 29.0. The zero-order valence-electron chi connectivity index (χ0n) is 43.2. The minimum atomic E-state index is -0.980. The van der Waals surface area contributed by atoms with Crippen LogP contribution < -0.4 is 0 Å². The van der Waals surface area contributed by atoms with E-state index >= 15 is 0 Å². The van der Waals surface area contributed by atoms with Gasteiger partial charge in [-0.05, 0) is 113 Å². The molecule has 412 valence electrons. The Balaban J connectivity index is 0.747. The van der Waals surface area contributed by atoms with E-state index in [4.69, 9.17) is 47.4 Å². The lowest BCUT2D eigenvalue weighted by Crippen LogP contribution is -2.63. The van der Waals surface area contributed by atoms with E-state index in [0.717, 1.165) is 56.1 Å². The number of rotatable bonds is 12. The number of Topliss-reactive ketones (excluding diaryl/α,β-unsaturated/α-hetero) is 1. The molecule has 10 fully saturated rings. The molecule has 0 aromatic rings. The zero-order chi connectivity index (χ0) is 51.8. The molecule has 9 aliphatic heterocycles. The number of amides is 2. The Bertz CT molecular complexity index is 2080. The second kappa shape index (κ2) is 23.6. The van der Waals surface area contributed by atoms with Gasteiger partial charge in [-0.3, -0.25) is 28.9 Å². The van der Waals surface area contributed by atoms with E-state index in [0.29, 0.717) is 64.3 Å². The normalized spacial score (nSPS) is 43.1. The minimum Gasteiger partial charge on any atom is -0.428 e. The third kappa shape index (κ3) is 12.1. The van der Waals surface area contributed by atoms with Crippen molar-refractivity contribution in [1.29, 1.82) is 0 Å². The van der Waals surface area contributed by atoms with Crippen molar-refractivity contribution in [3.63, 3.8) is 0 Å². The first kappa shape index (κ1) is 54.5. The number of hydrogen-bond donors (Lipinski definition) is 2. The van der Waals surface area contributed by atoms with Crippen LogP contribution in [0.2, 0.25) is 0 Å². The van der Waals surface area contributed by atoms with Crippen molar-refractivity contribution in [3.05, 3.63) is 24.3 Å². The van der Waals surface area contributed by atoms with Crippen LogP contribution >= 0.6 is 11.8 Å². The predicted octanol–water partition coefficient (Wildman–Crippen LogP) is 5.34. The third-order valence-electron chi connectivity index (χ3n) is 18.2. The van der Waals surface area contributed by atoms with Gasteiger partial charge in [0.2, 0.25) is 18.6 Å². The number of ether oxygens (including phenoxy) is 10. The molecule has 9 heterocycles. The Morgan fingerprint density at radius 3 is 2.32 bits per heavy atom. The molecular weight excluding hydrogens is 979 g/mol. The monoisotopic (exact) mass is 1060 g/mol. The number of aliphatic hydroxyl groups is 2. The summed E-state index contributed by atoms with van der Waals surface area (Å²) < 4.78 is 63.7. The van der Waals surface area contributed by atoms with Crippen LogP contribution in [-0.4, -0.2) is 174 Å². The number of carbonyl (C=O) groups is 5. The van der Waals surface area contributed by atoms with Gasteiger partial charge in [0.05, 0.1) is 78.3 Å². The zero-order valence-corrected chi connectivity index (χ0v) is 44.0. The maximum absolute atomic E-state index is 14.3. The van der Waals surface area contributed by atoms with Gasteiger partial charge in [0, 0.05) is 70.9 Å². The molecule has 10 bridgehead atoms. The first-order valence-electron chi connectivity index (χ1n) is 27.7. The van der Waals surface area contributed by atoms with Crippen LogP contribution in [0.5, 0.6) is 0 Å². The molecule has 10 rings (SSSR count). The average Bonchev–Trinajstić information content (AvgIpc) is 4.12. The summed E-state index contributed by atoms with van der Waals surface area (Å²) in [6.07, 6.45) is 6.41. The fraction of sp³-hybridized carbons (Fsp3) is 0.836. The number of imide groups is 1. The van der Waals surface area contributed by atoms with Crippen molar-refractivity contribution in [2.75, 3.05) is 26.7 Å². The smallest absolute Gasteiger partial charge is 0.311 e. The molecule has 9 saturated heterocycles. The van der Waals surface area contributed by atoms with Crippen LogP contribution in [0, 0.1) is 17.8 Å². The van der Waals surface area contributed by atoms with Gasteiger partial charge in [-0.2, -0.15) is 11.8 Å². The van der Waals surface area contributed by atoms with Crippen LogP contribution in [0.15, 0.2) is 24.3 Å². The van der Waals surface area contributed by atoms with Crippen LogP contribution in [0.4, 0.5) is 0 Å². The highest BCUT2D eigenvalue weighted by Crippen LogP contribution is 2.49. The van der Waals surface area contributed by atoms with E-state index in [-0.39, 0.29) is 116 Å². The van der Waals surface area contributed by atoms with Crippen molar-refractivity contribution >= 4 is 41.3 Å². The molecule has 0 aromatic carbocycles. The van der Waals surface area contributed by atoms with E-state index in [2.05, 4.69) is 13.2 Å². The summed E-state index contributed by atoms with van der Waals surface area (Å²) >= 11 is 1.39. The highest BCUT2D eigenvalue weighted by atomic mass is 32.2. The fourth-order valence-electron chi connectivity index (χ4n) is 14.0. The number of carbonyl (C=O) groups excluding carboxylic acids is 5. The minimum absolute atomic E-state index is 0.0151. The van der Waals surface area contributed by atoms with E-state index in [1.165, 1.54) is 16.7 Å². The second-order valence-corrected chi connectivity index (χ2v) is 24.1. The molecule has 10 aliphatic rings. The number of nitrogens with zero attached hydrogens (tertiary/aromatic N) is 1. The third-order valence-corrected chi connectivity index (χ3v) is 19.1. The number of esters is 2. The Labute approximate surface area is 438 Å². The summed E-state index contributed by atoms with van der Waals surface area (Å²) in [5.74, 6) is -2.90. The molecular formula is C55H79NO17S. The summed E-state index contributed by atoms with van der Waals surface area (Å²) in [5, 5.41) is 22.8. The lowest BCUT2D eigenvalue weighted by molar-refractivity contribution is -0.299. The Kier molecular flexibility index (Phi) is 17.4. The maximum Gasteiger partial charge on any atom is 0.311 e. The SMILES string of the molecule is C=C1C[C@@H]2CC[C@]34CC[C@H](O3)[C@@H]3O[C@H]5CC[C@H](CC(=O)C[C@@H]6[C@@H](OC)[C@@H](C[C@H](O)CCC(=O)OCOC(=O)C7CCC(CN8C(=O)CC(SC)C8=O)CC7)O[C@H]6C[C@H]6O[C@H](CCC6=C)CC[C@@H]1O2)O[C@@H]5[C@H](O4)[C@@H]3O. The molecule has 1 saturated carbocycles. The highest BCUT2D eigenvalue weighted by Gasteiger charge is 2.60. The molecule has 1 unspecified atom stereocenters. The molecule has 18 nitrogen and oxygen atoms in total. The number of thioether (sulfide) groups is 1. The van der Waals surface area contributed by atoms with E-state index in [1.54, 1.807) is 7.11 Å². The van der Waals surface area contributed by atoms with Crippen molar-refractivity contribution in [2.45, 2.75) is 244 Å². The standard InChI is InChI=1S/C55H79NO17S/c1-29-5-11-35-12-14-39-30(2)21-37(68-39)17-19-55-20-18-41(72-55)50-48(61)52(73-55)51-40(71-50)15-13-36(69-51)22-34(58)23-38-43(25-42(29)67-35)70-44(49(38)64-3)24-33(57)10-16-47(60)65-28-66-54(63)32-8-6-31(7-9-32)27-56-46(59)26-45(74-4)53(56)62/h31-33,35-45,48-52,57,61H,1-2,5-28H2,3-4H3/t31?,32?,33-,35-,36-,37+,38+,39+,40+,41+,42-,43+,44-,45?,48-,49-,50+,51+,52-,55+/m1/s1. The number of likely N-dealkylation sites (tertiary alicyclic amines) is 1. The van der Waals surface area contributed by atoms with Crippen LogP contribution in [0.3, 0.4) is 0 Å². The topological polar surface area (TPSA) is 221 Å². The number of fused-ring (bicyclic) bond motifs is 9. The van der Waals surface area contributed by atoms with Gasteiger partial charge in [0.1, 0.15) is 30.2 Å². The average molecular weight is 1060 g/mol. The second-order valence-electron chi connectivity index (χ2n) is 23.1. The lowest BCUT2D eigenvalue weighted by Gasteiger charge is -2.49. The molecule has 2 amide bonds. The summed E-state index contributed by atoms with van der Waals surface area (Å²) in [6.45, 7) is 8.66. The lowest BCUT2D eigenvalue weighted by atomic mass is 9.82. The largest absolute Gasteiger partial charge is 0.428 e. The number of aliphatic hydroxyl groups excluding tert-OH is 2. The Hall–Kier alpha value is -2.82. The summed E-state index contributed by atoms with van der Waals surface area (Å²) in [7, 11) is 1.59. The summed E-state index contributed by atoms with van der Waals surface area (Å²) in [4.78, 5) is 66.4. The first-order chi connectivity index (χ1) is 35.7. The van der Waals surface area contributed by atoms with Crippen molar-refractivity contribution in [3.8, 4) is 0 Å². The molecule has 19 heteroatoms. The van der Waals surface area contributed by atoms with Gasteiger partial charge in [0.15, 0.2) is 5.79 Å². The van der Waals surface area contributed by atoms with Crippen LogP contribution in [0.1, 0.15) is 141 Å². The molecule has 0 radical (unpaired) electrons. The van der Waals surface area contributed by atoms with Crippen molar-refractivity contribution < 1.29 is 81.6 Å². The molecule has 74 heavy (non-hydrogen) atoms. The van der Waals surface area contributed by atoms with Crippen LogP contribution in [0.25, 0.3) is 0 Å². The molecule has 1 aliphatic carbocycles. The highest BCUT2D eigenvalue weighted by molar-refractivity contribution is 8.00. The van der Waals surface area contributed by atoms with E-state index < -0.39 is 79.5 Å². The molecule has 1 spiro atoms. The summed E-state index contributed by atoms with van der Waals surface area (Å²) in [6, 6.07) is 0. The van der Waals surface area contributed by atoms with Gasteiger partial charge < -0.3 is 57.6 Å². The van der Waals surface area contributed by atoms with Gasteiger partial charge in [-0.1, -0.05) is 13.2 Å². The van der Waals surface area contributed by atoms with Gasteiger partial charge >= 0.3 is 11.9 Å². The molecule has 18 atom stereocenters. The maximum atomic E-state index is 14.3. The van der Waals surface area contributed by atoms with Crippen molar-refractivity contribution in [1.82, 2.24) is 4.90 Å². The Morgan fingerprint density at radius 1 is 0.770 bits per heavy atom. The van der Waals surface area contributed by atoms with Gasteiger partial charge in [-0.25, -0.2) is 0 Å². The quantitative estimate of drug-likeness (QED) is 0.109. The number of ketones is 1. The van der Waals surface area contributed by atoms with Crippen molar-refractivity contribution in [2.24, 2.45) is 17.8 Å². The fourth-order valence-corrected chi connectivity index (χ4v) is 14.7. The van der Waals surface area contributed by atoms with E-state index in [9.17, 15) is 34.2 Å². The molecule has 2 N–H and O–H groups in total. The summed E-state index contributed by atoms with van der Waals surface area (Å²) in [5.41, 5.74) is 2.05. The Morgan fingerprint density at radius 2 is 1.54 bits per heavy atom. The molecule has 0 aromatic heterocycles.